The van der Waals surface area contributed by atoms with Crippen LogP contribution in [0.3, 0.4) is 0 Å². The van der Waals surface area contributed by atoms with Crippen LogP contribution < -0.4 is 0 Å². The maximum absolute atomic E-state index is 13.6. The molecule has 9 heteroatoms. The third-order valence-electron chi connectivity index (χ3n) is 7.81. The van der Waals surface area contributed by atoms with Crippen molar-refractivity contribution in [2.24, 2.45) is 10.9 Å². The molecule has 0 saturated carbocycles. The number of ether oxygens (including phenoxy) is 1. The first kappa shape index (κ1) is 24.5. The molecule has 6 rings (SSSR count). The van der Waals surface area contributed by atoms with Crippen molar-refractivity contribution in [2.75, 3.05) is 32.8 Å². The number of amidine groups is 1. The number of rotatable bonds is 6. The molecular formula is C29H31N5O4. The smallest absolute Gasteiger partial charge is 0.258 e. The van der Waals surface area contributed by atoms with Gasteiger partial charge in [0.15, 0.2) is 5.54 Å². The molecular weight excluding hydrogens is 482 g/mol. The van der Waals surface area contributed by atoms with Crippen LogP contribution in [0.25, 0.3) is 22.3 Å². The second-order valence-electron chi connectivity index (χ2n) is 10.4. The summed E-state index contributed by atoms with van der Waals surface area (Å²) in [5.74, 6) is 0.507. The van der Waals surface area contributed by atoms with Crippen LogP contribution in [0.5, 0.6) is 0 Å². The van der Waals surface area contributed by atoms with E-state index in [1.54, 1.807) is 16.0 Å². The maximum Gasteiger partial charge on any atom is 0.258 e. The maximum atomic E-state index is 13.6. The lowest BCUT2D eigenvalue weighted by Crippen LogP contribution is -2.45. The van der Waals surface area contributed by atoms with Gasteiger partial charge < -0.3 is 14.7 Å². The SMILES string of the molecule is CC(O)C(=O)N1CC[C@@H](CN2C(=O)C3(CCOC3)N=C2c2ccc(-c3ccc(-c4cn[nH]c4)cc3)cc2)C1. The molecule has 2 unspecified atom stereocenters. The van der Waals surface area contributed by atoms with Crippen molar-refractivity contribution in [2.45, 2.75) is 31.4 Å². The van der Waals surface area contributed by atoms with Crippen LogP contribution in [-0.2, 0) is 14.3 Å². The molecule has 3 aliphatic rings. The molecule has 2 saturated heterocycles. The summed E-state index contributed by atoms with van der Waals surface area (Å²) < 4.78 is 5.60. The first-order chi connectivity index (χ1) is 18.4. The third-order valence-corrected chi connectivity index (χ3v) is 7.81. The Bertz CT molecular complexity index is 1340. The summed E-state index contributed by atoms with van der Waals surface area (Å²) in [6, 6.07) is 16.5. The number of nitrogens with zero attached hydrogens (tertiary/aromatic N) is 4. The van der Waals surface area contributed by atoms with Gasteiger partial charge >= 0.3 is 0 Å². The van der Waals surface area contributed by atoms with Crippen LogP contribution in [0.4, 0.5) is 0 Å². The van der Waals surface area contributed by atoms with E-state index in [-0.39, 0.29) is 17.7 Å². The van der Waals surface area contributed by atoms with Crippen LogP contribution in [0, 0.1) is 5.92 Å². The molecule has 9 nitrogen and oxygen atoms in total. The zero-order valence-corrected chi connectivity index (χ0v) is 21.3. The second kappa shape index (κ2) is 9.81. The zero-order chi connectivity index (χ0) is 26.3. The summed E-state index contributed by atoms with van der Waals surface area (Å²) >= 11 is 0. The number of carbonyl (C=O) groups excluding carboxylic acids is 2. The van der Waals surface area contributed by atoms with Crippen LogP contribution in [0.1, 0.15) is 25.3 Å². The molecule has 3 aliphatic heterocycles. The van der Waals surface area contributed by atoms with Gasteiger partial charge in [-0.3, -0.25) is 19.6 Å². The monoisotopic (exact) mass is 513 g/mol. The Morgan fingerprint density at radius 3 is 2.34 bits per heavy atom. The summed E-state index contributed by atoms with van der Waals surface area (Å²) in [7, 11) is 0. The largest absolute Gasteiger partial charge is 0.384 e. The van der Waals surface area contributed by atoms with E-state index in [9.17, 15) is 14.7 Å². The number of hydrogen-bond donors (Lipinski definition) is 2. The van der Waals surface area contributed by atoms with E-state index in [0.29, 0.717) is 45.1 Å². The summed E-state index contributed by atoms with van der Waals surface area (Å²) in [5, 5.41) is 16.5. The lowest BCUT2D eigenvalue weighted by molar-refractivity contribution is -0.138. The fourth-order valence-corrected chi connectivity index (χ4v) is 5.64. The second-order valence-corrected chi connectivity index (χ2v) is 10.4. The molecule has 3 aromatic rings. The molecule has 3 atom stereocenters. The van der Waals surface area contributed by atoms with E-state index in [0.717, 1.165) is 34.2 Å². The molecule has 2 fully saturated rings. The predicted molar refractivity (Wildman–Crippen MR) is 142 cm³/mol. The average molecular weight is 514 g/mol. The highest BCUT2D eigenvalue weighted by Gasteiger charge is 2.51. The van der Waals surface area contributed by atoms with Crippen molar-refractivity contribution in [1.29, 1.82) is 0 Å². The number of amides is 2. The van der Waals surface area contributed by atoms with Crippen LogP contribution in [0.15, 0.2) is 65.9 Å². The molecule has 196 valence electrons. The van der Waals surface area contributed by atoms with Gasteiger partial charge in [0.05, 0.1) is 12.8 Å². The predicted octanol–water partition coefficient (Wildman–Crippen LogP) is 2.72. The van der Waals surface area contributed by atoms with Crippen molar-refractivity contribution in [3.05, 3.63) is 66.5 Å². The van der Waals surface area contributed by atoms with E-state index in [4.69, 9.17) is 9.73 Å². The molecule has 1 aromatic heterocycles. The van der Waals surface area contributed by atoms with Gasteiger partial charge in [0.25, 0.3) is 11.8 Å². The molecule has 0 bridgehead atoms. The number of likely N-dealkylation sites (tertiary alicyclic amines) is 1. The minimum absolute atomic E-state index is 0.0239. The van der Waals surface area contributed by atoms with E-state index in [1.165, 1.54) is 6.92 Å². The third kappa shape index (κ3) is 4.41. The molecule has 2 aromatic carbocycles. The first-order valence-corrected chi connectivity index (χ1v) is 13.1. The van der Waals surface area contributed by atoms with Gasteiger partial charge in [-0.1, -0.05) is 48.5 Å². The number of benzene rings is 2. The molecule has 0 radical (unpaired) electrons. The Balaban J connectivity index is 1.23. The molecule has 0 aliphatic carbocycles. The zero-order valence-electron chi connectivity index (χ0n) is 21.3. The highest BCUT2D eigenvalue weighted by molar-refractivity contribution is 6.15. The lowest BCUT2D eigenvalue weighted by Gasteiger charge is -2.25. The number of H-pyrrole nitrogens is 1. The number of aliphatic hydroxyl groups is 1. The number of aromatic amines is 1. The normalized spacial score (nSPS) is 23.9. The topological polar surface area (TPSA) is 111 Å². The van der Waals surface area contributed by atoms with Gasteiger partial charge in [-0.2, -0.15) is 5.10 Å². The van der Waals surface area contributed by atoms with Crippen molar-refractivity contribution < 1.29 is 19.4 Å². The van der Waals surface area contributed by atoms with Gasteiger partial charge in [-0.25, -0.2) is 4.99 Å². The quantitative estimate of drug-likeness (QED) is 0.527. The number of aromatic nitrogens is 2. The van der Waals surface area contributed by atoms with E-state index in [1.807, 2.05) is 18.3 Å². The van der Waals surface area contributed by atoms with Crippen molar-refractivity contribution in [3.63, 3.8) is 0 Å². The lowest BCUT2D eigenvalue weighted by atomic mass is 9.98. The number of aliphatic hydroxyl groups excluding tert-OH is 1. The Morgan fingerprint density at radius 2 is 1.76 bits per heavy atom. The fourth-order valence-electron chi connectivity index (χ4n) is 5.64. The number of nitrogens with one attached hydrogen (secondary N) is 1. The summed E-state index contributed by atoms with van der Waals surface area (Å²) in [5.41, 5.74) is 4.34. The van der Waals surface area contributed by atoms with Gasteiger partial charge in [0.1, 0.15) is 11.9 Å². The molecule has 4 heterocycles. The Morgan fingerprint density at radius 1 is 1.11 bits per heavy atom. The molecule has 2 N–H and O–H groups in total. The van der Waals surface area contributed by atoms with Crippen molar-refractivity contribution in [3.8, 4) is 22.3 Å². The fraction of sp³-hybridized carbons (Fsp3) is 0.379. The van der Waals surface area contributed by atoms with Crippen molar-refractivity contribution in [1.82, 2.24) is 20.0 Å². The first-order valence-electron chi connectivity index (χ1n) is 13.1. The van der Waals surface area contributed by atoms with E-state index in [2.05, 4.69) is 46.6 Å². The highest BCUT2D eigenvalue weighted by Crippen LogP contribution is 2.35. The van der Waals surface area contributed by atoms with Gasteiger partial charge in [-0.15, -0.1) is 0 Å². The Hall–Kier alpha value is -3.82. The standard InChI is InChI=1S/C29H31N5O4/c1-19(35)27(36)33-12-10-20(16-33)17-34-26(32-29(28(34)37)11-13-38-18-29)24-8-6-22(7-9-24)21-2-4-23(5-3-21)25-14-30-31-15-25/h2-9,14-15,19-20,35H,10-13,16-18H2,1H3,(H,30,31)/t19?,20-,29?/m1/s1. The summed E-state index contributed by atoms with van der Waals surface area (Å²) in [6.07, 6.45) is 4.01. The van der Waals surface area contributed by atoms with E-state index < -0.39 is 11.6 Å². The van der Waals surface area contributed by atoms with E-state index >= 15 is 0 Å². The van der Waals surface area contributed by atoms with Gasteiger partial charge in [0.2, 0.25) is 0 Å². The van der Waals surface area contributed by atoms with Crippen LogP contribution >= 0.6 is 0 Å². The number of aliphatic imine (C=N–C) groups is 1. The Kier molecular flexibility index (Phi) is 6.33. The number of hydrogen-bond acceptors (Lipinski definition) is 6. The van der Waals surface area contributed by atoms with Gasteiger partial charge in [-0.05, 0) is 36.0 Å². The number of carbonyl (C=O) groups is 2. The molecule has 1 spiro atoms. The highest BCUT2D eigenvalue weighted by atomic mass is 16.5. The van der Waals surface area contributed by atoms with Crippen molar-refractivity contribution >= 4 is 17.6 Å². The Labute approximate surface area is 221 Å². The average Bonchev–Trinajstić information content (AvgIpc) is 3.75. The molecule has 2 amide bonds. The summed E-state index contributed by atoms with van der Waals surface area (Å²) in [4.78, 5) is 34.3. The minimum atomic E-state index is -1.02. The van der Waals surface area contributed by atoms with Crippen LogP contribution in [0.2, 0.25) is 0 Å². The summed E-state index contributed by atoms with van der Waals surface area (Å²) in [6.45, 7) is 3.91. The van der Waals surface area contributed by atoms with Gasteiger partial charge in [0, 0.05) is 50.0 Å². The minimum Gasteiger partial charge on any atom is -0.384 e. The van der Waals surface area contributed by atoms with Crippen LogP contribution in [-0.4, -0.2) is 87.2 Å². The molecule has 38 heavy (non-hydrogen) atoms.